The van der Waals surface area contributed by atoms with Crippen LogP contribution in [0.15, 0.2) is 16.7 Å². The van der Waals surface area contributed by atoms with E-state index in [1.165, 1.54) is 4.90 Å². The molecule has 2 heterocycles. The zero-order valence-electron chi connectivity index (χ0n) is 8.89. The lowest BCUT2D eigenvalue weighted by Gasteiger charge is -2.16. The fourth-order valence-corrected chi connectivity index (χ4v) is 2.13. The third kappa shape index (κ3) is 2.23. The molecule has 0 saturated carbocycles. The van der Waals surface area contributed by atoms with Gasteiger partial charge in [0.25, 0.3) is 0 Å². The summed E-state index contributed by atoms with van der Waals surface area (Å²) >= 11 is 3.24. The van der Waals surface area contributed by atoms with E-state index in [2.05, 4.69) is 20.9 Å². The van der Waals surface area contributed by atoms with Crippen LogP contribution in [0.1, 0.15) is 6.42 Å². The molecule has 1 aliphatic heterocycles. The molecule has 2 amide bonds. The van der Waals surface area contributed by atoms with Gasteiger partial charge >= 0.3 is 0 Å². The normalized spacial score (nSPS) is 19.7. The predicted molar refractivity (Wildman–Crippen MR) is 66.0 cm³/mol. The van der Waals surface area contributed by atoms with Gasteiger partial charge in [0.2, 0.25) is 11.8 Å². The van der Waals surface area contributed by atoms with Crippen molar-refractivity contribution in [3.05, 3.63) is 16.7 Å². The van der Waals surface area contributed by atoms with Crippen molar-refractivity contribution in [2.24, 2.45) is 11.7 Å². The van der Waals surface area contributed by atoms with Gasteiger partial charge in [-0.15, -0.1) is 0 Å². The third-order valence-electron chi connectivity index (χ3n) is 2.64. The van der Waals surface area contributed by atoms with Gasteiger partial charge in [-0.05, 0) is 22.0 Å². The molecule has 7 heteroatoms. The first-order valence-corrected chi connectivity index (χ1v) is 5.79. The van der Waals surface area contributed by atoms with Crippen LogP contribution >= 0.6 is 15.9 Å². The lowest BCUT2D eigenvalue weighted by Crippen LogP contribution is -2.29. The second-order valence-corrected chi connectivity index (χ2v) is 4.79. The van der Waals surface area contributed by atoms with Crippen molar-refractivity contribution in [3.8, 4) is 0 Å². The number of primary amides is 1. The fraction of sp³-hybridized carbons (Fsp3) is 0.300. The molecule has 1 aromatic rings. The Balaban J connectivity index is 2.29. The Hall–Kier alpha value is -1.63. The van der Waals surface area contributed by atoms with Crippen molar-refractivity contribution in [1.82, 2.24) is 4.98 Å². The first-order valence-electron chi connectivity index (χ1n) is 4.99. The van der Waals surface area contributed by atoms with Crippen molar-refractivity contribution in [1.29, 1.82) is 0 Å². The lowest BCUT2D eigenvalue weighted by atomic mass is 10.1. The third-order valence-corrected chi connectivity index (χ3v) is 3.08. The summed E-state index contributed by atoms with van der Waals surface area (Å²) in [7, 11) is 0. The van der Waals surface area contributed by atoms with E-state index < -0.39 is 11.8 Å². The van der Waals surface area contributed by atoms with E-state index in [9.17, 15) is 9.59 Å². The van der Waals surface area contributed by atoms with Gasteiger partial charge in [0.1, 0.15) is 0 Å². The molecule has 0 aromatic carbocycles. The van der Waals surface area contributed by atoms with Crippen molar-refractivity contribution in [2.45, 2.75) is 6.42 Å². The van der Waals surface area contributed by atoms with E-state index in [1.807, 2.05) is 0 Å². The van der Waals surface area contributed by atoms with Crippen molar-refractivity contribution < 1.29 is 9.59 Å². The minimum absolute atomic E-state index is 0.118. The number of rotatable bonds is 2. The second-order valence-electron chi connectivity index (χ2n) is 3.87. The van der Waals surface area contributed by atoms with E-state index in [1.54, 1.807) is 12.3 Å². The van der Waals surface area contributed by atoms with E-state index in [0.29, 0.717) is 11.5 Å². The summed E-state index contributed by atoms with van der Waals surface area (Å²) in [6.45, 7) is 0.243. The molecule has 6 nitrogen and oxygen atoms in total. The molecule has 1 fully saturated rings. The van der Waals surface area contributed by atoms with E-state index >= 15 is 0 Å². The Kier molecular flexibility index (Phi) is 3.01. The van der Waals surface area contributed by atoms with Crippen LogP contribution in [0.4, 0.5) is 11.5 Å². The number of amides is 2. The Labute approximate surface area is 106 Å². The summed E-state index contributed by atoms with van der Waals surface area (Å²) in [6.07, 6.45) is 1.67. The number of hydrogen-bond acceptors (Lipinski definition) is 4. The van der Waals surface area contributed by atoms with Crippen LogP contribution in [-0.2, 0) is 9.59 Å². The standard InChI is InChI=1S/C10H11BrN4O2/c11-6-2-7(12)10(14-3-6)15-4-5(9(13)17)1-8(15)16/h2-3,5H,1,4,12H2,(H2,13,17). The molecule has 17 heavy (non-hydrogen) atoms. The maximum absolute atomic E-state index is 11.7. The molecule has 0 bridgehead atoms. The smallest absolute Gasteiger partial charge is 0.229 e. The quantitative estimate of drug-likeness (QED) is 0.818. The first kappa shape index (κ1) is 11.8. The monoisotopic (exact) mass is 298 g/mol. The van der Waals surface area contributed by atoms with Gasteiger partial charge in [0.05, 0.1) is 11.6 Å². The Morgan fingerprint density at radius 2 is 2.29 bits per heavy atom. The molecule has 1 aliphatic rings. The first-order chi connectivity index (χ1) is 7.99. The SMILES string of the molecule is NC(=O)C1CC(=O)N(c2ncc(Br)cc2N)C1. The summed E-state index contributed by atoms with van der Waals surface area (Å²) in [5.74, 6) is -0.749. The van der Waals surface area contributed by atoms with Crippen LogP contribution in [0.2, 0.25) is 0 Å². The number of aromatic nitrogens is 1. The Morgan fingerprint density at radius 1 is 1.59 bits per heavy atom. The molecule has 90 valence electrons. The number of anilines is 2. The number of halogens is 1. The largest absolute Gasteiger partial charge is 0.396 e. The molecular weight excluding hydrogens is 288 g/mol. The van der Waals surface area contributed by atoms with Gasteiger partial charge < -0.3 is 11.5 Å². The fourth-order valence-electron chi connectivity index (χ4n) is 1.78. The van der Waals surface area contributed by atoms with Crippen LogP contribution in [0, 0.1) is 5.92 Å². The summed E-state index contributed by atoms with van der Waals surface area (Å²) in [5.41, 5.74) is 11.4. The number of hydrogen-bond donors (Lipinski definition) is 2. The van der Waals surface area contributed by atoms with Gasteiger partial charge in [-0.25, -0.2) is 4.98 Å². The van der Waals surface area contributed by atoms with Gasteiger partial charge in [-0.2, -0.15) is 0 Å². The topological polar surface area (TPSA) is 102 Å². The summed E-state index contributed by atoms with van der Waals surface area (Å²) in [5, 5.41) is 0. The van der Waals surface area contributed by atoms with Gasteiger partial charge in [0, 0.05) is 23.6 Å². The number of carbonyl (C=O) groups is 2. The van der Waals surface area contributed by atoms with Crippen LogP contribution in [0.3, 0.4) is 0 Å². The highest BCUT2D eigenvalue weighted by Crippen LogP contribution is 2.29. The van der Waals surface area contributed by atoms with Crippen molar-refractivity contribution in [3.63, 3.8) is 0 Å². The molecule has 0 spiro atoms. The maximum Gasteiger partial charge on any atom is 0.229 e. The Bertz CT molecular complexity index is 491. The highest BCUT2D eigenvalue weighted by molar-refractivity contribution is 9.10. The van der Waals surface area contributed by atoms with E-state index in [-0.39, 0.29) is 18.9 Å². The zero-order chi connectivity index (χ0) is 12.6. The molecule has 1 aromatic heterocycles. The molecule has 1 unspecified atom stereocenters. The van der Waals surface area contributed by atoms with Crippen LogP contribution in [-0.4, -0.2) is 23.3 Å². The highest BCUT2D eigenvalue weighted by atomic mass is 79.9. The van der Waals surface area contributed by atoms with Crippen molar-refractivity contribution >= 4 is 39.2 Å². The molecule has 0 aliphatic carbocycles. The average molecular weight is 299 g/mol. The van der Waals surface area contributed by atoms with E-state index in [0.717, 1.165) is 4.47 Å². The summed E-state index contributed by atoms with van der Waals surface area (Å²) < 4.78 is 0.733. The van der Waals surface area contributed by atoms with Crippen LogP contribution in [0.5, 0.6) is 0 Å². The molecular formula is C10H11BrN4O2. The summed E-state index contributed by atoms with van der Waals surface area (Å²) in [4.78, 5) is 28.3. The minimum atomic E-state index is -0.475. The van der Waals surface area contributed by atoms with Crippen molar-refractivity contribution in [2.75, 3.05) is 17.2 Å². The van der Waals surface area contributed by atoms with Gasteiger partial charge in [0.15, 0.2) is 5.82 Å². The maximum atomic E-state index is 11.7. The molecule has 4 N–H and O–H groups in total. The molecule has 0 radical (unpaired) electrons. The zero-order valence-corrected chi connectivity index (χ0v) is 10.5. The van der Waals surface area contributed by atoms with E-state index in [4.69, 9.17) is 11.5 Å². The highest BCUT2D eigenvalue weighted by Gasteiger charge is 2.35. The Morgan fingerprint density at radius 3 is 2.82 bits per heavy atom. The number of nitrogens with two attached hydrogens (primary N) is 2. The molecule has 2 rings (SSSR count). The second kappa shape index (κ2) is 4.33. The minimum Gasteiger partial charge on any atom is -0.396 e. The lowest BCUT2D eigenvalue weighted by molar-refractivity contribution is -0.123. The number of nitrogen functional groups attached to an aromatic ring is 1. The number of nitrogens with zero attached hydrogens (tertiary/aromatic N) is 2. The summed E-state index contributed by atoms with van der Waals surface area (Å²) in [6, 6.07) is 1.66. The van der Waals surface area contributed by atoms with Gasteiger partial charge in [-0.3, -0.25) is 14.5 Å². The van der Waals surface area contributed by atoms with Crippen LogP contribution < -0.4 is 16.4 Å². The van der Waals surface area contributed by atoms with Gasteiger partial charge in [-0.1, -0.05) is 0 Å². The number of carbonyl (C=O) groups excluding carboxylic acids is 2. The van der Waals surface area contributed by atoms with Crippen LogP contribution in [0.25, 0.3) is 0 Å². The number of pyridine rings is 1. The predicted octanol–water partition coefficient (Wildman–Crippen LogP) is 0.264. The molecule has 1 atom stereocenters. The average Bonchev–Trinajstić information content (AvgIpc) is 2.61. The molecule has 1 saturated heterocycles.